The van der Waals surface area contributed by atoms with Crippen molar-refractivity contribution in [1.29, 1.82) is 0 Å². The lowest BCUT2D eigenvalue weighted by Crippen LogP contribution is -2.25. The SMILES string of the molecule is CCCn1ncc(Cl)c1C(NCC)c1cccc(C)c1Cl. The van der Waals surface area contributed by atoms with Crippen LogP contribution >= 0.6 is 23.2 Å². The van der Waals surface area contributed by atoms with Crippen LogP contribution in [0.15, 0.2) is 24.4 Å². The van der Waals surface area contributed by atoms with Crippen LogP contribution in [0.3, 0.4) is 0 Å². The van der Waals surface area contributed by atoms with Crippen LogP contribution in [0.5, 0.6) is 0 Å². The third-order valence-electron chi connectivity index (χ3n) is 3.48. The molecule has 0 aliphatic heterocycles. The minimum atomic E-state index is -0.0519. The highest BCUT2D eigenvalue weighted by Crippen LogP contribution is 2.33. The first-order valence-corrected chi connectivity index (χ1v) is 8.05. The molecular weight excluding hydrogens is 305 g/mol. The van der Waals surface area contributed by atoms with E-state index in [0.717, 1.165) is 41.4 Å². The zero-order chi connectivity index (χ0) is 15.4. The molecule has 1 heterocycles. The van der Waals surface area contributed by atoms with Crippen LogP contribution in [0, 0.1) is 6.92 Å². The predicted octanol–water partition coefficient (Wildman–Crippen LogP) is 4.61. The molecule has 0 radical (unpaired) electrons. The molecule has 2 rings (SSSR count). The minimum absolute atomic E-state index is 0.0519. The summed E-state index contributed by atoms with van der Waals surface area (Å²) in [6.45, 7) is 7.88. The highest BCUT2D eigenvalue weighted by Gasteiger charge is 2.23. The van der Waals surface area contributed by atoms with Gasteiger partial charge in [-0.15, -0.1) is 0 Å². The summed E-state index contributed by atoms with van der Waals surface area (Å²) in [5.41, 5.74) is 3.08. The Kier molecular flexibility index (Phi) is 5.68. The quantitative estimate of drug-likeness (QED) is 0.840. The Morgan fingerprint density at radius 2 is 2.05 bits per heavy atom. The van der Waals surface area contributed by atoms with Crippen molar-refractivity contribution >= 4 is 23.2 Å². The van der Waals surface area contributed by atoms with Crippen LogP contribution < -0.4 is 5.32 Å². The van der Waals surface area contributed by atoms with E-state index >= 15 is 0 Å². The standard InChI is InChI=1S/C16H21Cl2N3/c1-4-9-21-16(13(17)10-20-21)15(19-5-2)12-8-6-7-11(3)14(12)18/h6-8,10,15,19H,4-5,9H2,1-3H3. The summed E-state index contributed by atoms with van der Waals surface area (Å²) in [7, 11) is 0. The van der Waals surface area contributed by atoms with Crippen LogP contribution in [0.4, 0.5) is 0 Å². The van der Waals surface area contributed by atoms with Gasteiger partial charge in [-0.3, -0.25) is 4.68 Å². The summed E-state index contributed by atoms with van der Waals surface area (Å²) in [5, 5.41) is 9.32. The maximum atomic E-state index is 6.51. The van der Waals surface area contributed by atoms with Gasteiger partial charge in [0, 0.05) is 11.6 Å². The number of halogens is 2. The van der Waals surface area contributed by atoms with Gasteiger partial charge in [-0.25, -0.2) is 0 Å². The number of rotatable bonds is 6. The molecule has 21 heavy (non-hydrogen) atoms. The van der Waals surface area contributed by atoms with E-state index in [1.54, 1.807) is 6.20 Å². The van der Waals surface area contributed by atoms with Crippen molar-refractivity contribution < 1.29 is 0 Å². The Labute approximate surface area is 136 Å². The number of hydrogen-bond donors (Lipinski definition) is 1. The molecule has 3 nitrogen and oxygen atoms in total. The first-order valence-electron chi connectivity index (χ1n) is 7.29. The third-order valence-corrected chi connectivity index (χ3v) is 4.29. The van der Waals surface area contributed by atoms with Gasteiger partial charge in [-0.1, -0.05) is 55.2 Å². The molecule has 0 aliphatic carbocycles. The molecule has 114 valence electrons. The zero-order valence-corrected chi connectivity index (χ0v) is 14.2. The summed E-state index contributed by atoms with van der Waals surface area (Å²) >= 11 is 12.9. The summed E-state index contributed by atoms with van der Waals surface area (Å²) in [4.78, 5) is 0. The monoisotopic (exact) mass is 325 g/mol. The highest BCUT2D eigenvalue weighted by molar-refractivity contribution is 6.32. The zero-order valence-electron chi connectivity index (χ0n) is 12.7. The van der Waals surface area contributed by atoms with Gasteiger partial charge < -0.3 is 5.32 Å². The maximum Gasteiger partial charge on any atom is 0.0837 e. The molecule has 0 bridgehead atoms. The van der Waals surface area contributed by atoms with Crippen LogP contribution in [-0.2, 0) is 6.54 Å². The predicted molar refractivity (Wildman–Crippen MR) is 89.2 cm³/mol. The van der Waals surface area contributed by atoms with Gasteiger partial charge >= 0.3 is 0 Å². The lowest BCUT2D eigenvalue weighted by Gasteiger charge is -2.22. The molecule has 0 saturated heterocycles. The summed E-state index contributed by atoms with van der Waals surface area (Å²) in [6.07, 6.45) is 2.71. The number of hydrogen-bond acceptors (Lipinski definition) is 2. The Balaban J connectivity index is 2.53. The topological polar surface area (TPSA) is 29.9 Å². The summed E-state index contributed by atoms with van der Waals surface area (Å²) in [6, 6.07) is 6.03. The van der Waals surface area contributed by atoms with Gasteiger partial charge in [0.05, 0.1) is 23.0 Å². The molecule has 1 aromatic heterocycles. The van der Waals surface area contributed by atoms with Crippen LogP contribution in [-0.4, -0.2) is 16.3 Å². The Morgan fingerprint density at radius 1 is 1.29 bits per heavy atom. The smallest absolute Gasteiger partial charge is 0.0837 e. The van der Waals surface area contributed by atoms with Crippen molar-refractivity contribution in [2.75, 3.05) is 6.54 Å². The number of nitrogens with one attached hydrogen (secondary N) is 1. The molecule has 1 unspecified atom stereocenters. The second-order valence-corrected chi connectivity index (χ2v) is 5.85. The van der Waals surface area contributed by atoms with Crippen molar-refractivity contribution in [1.82, 2.24) is 15.1 Å². The van der Waals surface area contributed by atoms with E-state index in [9.17, 15) is 0 Å². The van der Waals surface area contributed by atoms with Gasteiger partial charge in [0.15, 0.2) is 0 Å². The lowest BCUT2D eigenvalue weighted by molar-refractivity contribution is 0.520. The number of nitrogens with zero attached hydrogens (tertiary/aromatic N) is 2. The average Bonchev–Trinajstić information content (AvgIpc) is 2.81. The van der Waals surface area contributed by atoms with Gasteiger partial charge in [0.1, 0.15) is 0 Å². The van der Waals surface area contributed by atoms with E-state index in [4.69, 9.17) is 23.2 Å². The van der Waals surface area contributed by atoms with E-state index in [1.807, 2.05) is 29.8 Å². The fourth-order valence-electron chi connectivity index (χ4n) is 2.50. The van der Waals surface area contributed by atoms with Crippen molar-refractivity contribution in [2.24, 2.45) is 0 Å². The average molecular weight is 326 g/mol. The third kappa shape index (κ3) is 3.42. The van der Waals surface area contributed by atoms with E-state index in [-0.39, 0.29) is 6.04 Å². The van der Waals surface area contributed by atoms with E-state index < -0.39 is 0 Å². The molecule has 0 saturated carbocycles. The van der Waals surface area contributed by atoms with Gasteiger partial charge in [0.2, 0.25) is 0 Å². The molecule has 0 spiro atoms. The Morgan fingerprint density at radius 3 is 2.71 bits per heavy atom. The second-order valence-electron chi connectivity index (χ2n) is 5.07. The number of aryl methyl sites for hydroxylation is 2. The fourth-order valence-corrected chi connectivity index (χ4v) is 2.99. The van der Waals surface area contributed by atoms with Crippen LogP contribution in [0.1, 0.15) is 43.1 Å². The molecule has 5 heteroatoms. The minimum Gasteiger partial charge on any atom is -0.305 e. The lowest BCUT2D eigenvalue weighted by atomic mass is 10.0. The van der Waals surface area contributed by atoms with Crippen molar-refractivity contribution in [3.8, 4) is 0 Å². The highest BCUT2D eigenvalue weighted by atomic mass is 35.5. The van der Waals surface area contributed by atoms with Crippen LogP contribution in [0.25, 0.3) is 0 Å². The number of benzene rings is 1. The molecule has 0 aliphatic rings. The Bertz CT molecular complexity index is 608. The van der Waals surface area contributed by atoms with E-state index in [2.05, 4.69) is 24.3 Å². The van der Waals surface area contributed by atoms with E-state index in [0.29, 0.717) is 5.02 Å². The second kappa shape index (κ2) is 7.30. The first kappa shape index (κ1) is 16.3. The molecular formula is C16H21Cl2N3. The summed E-state index contributed by atoms with van der Waals surface area (Å²) < 4.78 is 1.97. The fraction of sp³-hybridized carbons (Fsp3) is 0.438. The first-order chi connectivity index (χ1) is 10.1. The van der Waals surface area contributed by atoms with Gasteiger partial charge in [0.25, 0.3) is 0 Å². The van der Waals surface area contributed by atoms with Crippen molar-refractivity contribution in [2.45, 2.75) is 39.8 Å². The molecule has 1 N–H and O–H groups in total. The Hall–Kier alpha value is -1.03. The molecule has 1 atom stereocenters. The normalized spacial score (nSPS) is 12.6. The van der Waals surface area contributed by atoms with Gasteiger partial charge in [-0.05, 0) is 31.0 Å². The van der Waals surface area contributed by atoms with Crippen LogP contribution in [0.2, 0.25) is 10.0 Å². The molecule has 0 fully saturated rings. The summed E-state index contributed by atoms with van der Waals surface area (Å²) in [5.74, 6) is 0. The largest absolute Gasteiger partial charge is 0.305 e. The van der Waals surface area contributed by atoms with Crippen molar-refractivity contribution in [3.63, 3.8) is 0 Å². The number of aromatic nitrogens is 2. The molecule has 0 amide bonds. The molecule has 2 aromatic rings. The van der Waals surface area contributed by atoms with E-state index in [1.165, 1.54) is 0 Å². The van der Waals surface area contributed by atoms with Crippen molar-refractivity contribution in [3.05, 3.63) is 51.3 Å². The maximum absolute atomic E-state index is 6.51. The van der Waals surface area contributed by atoms with Gasteiger partial charge in [-0.2, -0.15) is 5.10 Å². The molecule has 1 aromatic carbocycles.